The molecule has 0 spiro atoms. The second-order valence-corrected chi connectivity index (χ2v) is 9.59. The molecule has 30 heavy (non-hydrogen) atoms. The van der Waals surface area contributed by atoms with Crippen molar-refractivity contribution >= 4 is 5.78 Å². The first-order valence-corrected chi connectivity index (χ1v) is 13.9. The summed E-state index contributed by atoms with van der Waals surface area (Å²) in [5, 5.41) is 9.91. The zero-order valence-electron chi connectivity index (χ0n) is 20.9. The molecule has 0 aliphatic heterocycles. The zero-order chi connectivity index (χ0) is 22.1. The van der Waals surface area contributed by atoms with Crippen LogP contribution in [0.3, 0.4) is 0 Å². The van der Waals surface area contributed by atoms with E-state index in [1.807, 2.05) is 0 Å². The van der Waals surface area contributed by atoms with Gasteiger partial charge in [0.2, 0.25) is 0 Å². The van der Waals surface area contributed by atoms with Crippen molar-refractivity contribution in [3.63, 3.8) is 0 Å². The van der Waals surface area contributed by atoms with Crippen molar-refractivity contribution in [1.82, 2.24) is 0 Å². The summed E-state index contributed by atoms with van der Waals surface area (Å²) in [5.74, 6) is 0.0610. The number of carbonyl (C=O) groups is 1. The van der Waals surface area contributed by atoms with E-state index in [9.17, 15) is 9.90 Å². The Morgan fingerprint density at radius 3 is 1.17 bits per heavy atom. The van der Waals surface area contributed by atoms with Crippen molar-refractivity contribution in [1.29, 1.82) is 0 Å². The van der Waals surface area contributed by atoms with E-state index in [1.165, 1.54) is 109 Å². The molecular weight excluding hydrogens is 368 g/mol. The Balaban J connectivity index is 3.17. The highest BCUT2D eigenvalue weighted by atomic mass is 16.3. The van der Waals surface area contributed by atoms with Gasteiger partial charge in [0.15, 0.2) is 5.78 Å². The minimum atomic E-state index is -0.701. The van der Waals surface area contributed by atoms with Gasteiger partial charge in [-0.2, -0.15) is 0 Å². The molecule has 0 amide bonds. The number of aliphatic hydroxyl groups is 1. The Kier molecular flexibility index (Phi) is 24.6. The van der Waals surface area contributed by atoms with Gasteiger partial charge in [0.05, 0.1) is 0 Å². The highest BCUT2D eigenvalue weighted by molar-refractivity contribution is 5.82. The van der Waals surface area contributed by atoms with Gasteiger partial charge < -0.3 is 5.11 Å². The van der Waals surface area contributed by atoms with E-state index >= 15 is 0 Å². The van der Waals surface area contributed by atoms with E-state index in [1.54, 1.807) is 0 Å². The summed E-state index contributed by atoms with van der Waals surface area (Å²) in [6, 6.07) is 0. The Morgan fingerprint density at radius 1 is 0.500 bits per heavy atom. The standard InChI is InChI=1S/C28H56O2/c1-3-5-7-8-9-10-11-12-13-14-15-16-17-18-19-20-21-22-24-26-28(30)27(29)25-23-6-4-2/h28,30H,3-26H2,1-2H3. The molecule has 180 valence electrons. The lowest BCUT2D eigenvalue weighted by molar-refractivity contribution is -0.127. The van der Waals surface area contributed by atoms with Gasteiger partial charge in [0.25, 0.3) is 0 Å². The van der Waals surface area contributed by atoms with E-state index in [0.29, 0.717) is 12.8 Å². The van der Waals surface area contributed by atoms with Crippen LogP contribution in [0, 0.1) is 0 Å². The summed E-state index contributed by atoms with van der Waals surface area (Å²) in [7, 11) is 0. The maximum absolute atomic E-state index is 11.8. The number of unbranched alkanes of at least 4 members (excludes halogenated alkanes) is 20. The smallest absolute Gasteiger partial charge is 0.161 e. The maximum Gasteiger partial charge on any atom is 0.161 e. The molecule has 0 aliphatic carbocycles. The first-order chi connectivity index (χ1) is 14.7. The molecule has 1 atom stereocenters. The van der Waals surface area contributed by atoms with Crippen LogP contribution in [0.25, 0.3) is 0 Å². The first-order valence-electron chi connectivity index (χ1n) is 13.9. The number of hydrogen-bond acceptors (Lipinski definition) is 2. The Hall–Kier alpha value is -0.370. The molecule has 0 bridgehead atoms. The molecule has 2 heteroatoms. The Labute approximate surface area is 190 Å². The number of rotatable bonds is 25. The van der Waals surface area contributed by atoms with Crippen molar-refractivity contribution < 1.29 is 9.90 Å². The summed E-state index contributed by atoms with van der Waals surface area (Å²) in [6.07, 6.45) is 29.8. The fourth-order valence-electron chi connectivity index (χ4n) is 4.29. The van der Waals surface area contributed by atoms with Gasteiger partial charge in [0.1, 0.15) is 6.10 Å². The van der Waals surface area contributed by atoms with E-state index in [0.717, 1.165) is 32.1 Å². The fourth-order valence-corrected chi connectivity index (χ4v) is 4.29. The van der Waals surface area contributed by atoms with Crippen molar-refractivity contribution in [3.8, 4) is 0 Å². The molecule has 0 saturated carbocycles. The molecule has 0 aromatic heterocycles. The quantitative estimate of drug-likeness (QED) is 0.148. The van der Waals surface area contributed by atoms with Gasteiger partial charge in [-0.1, -0.05) is 149 Å². The zero-order valence-corrected chi connectivity index (χ0v) is 20.9. The third-order valence-electron chi connectivity index (χ3n) is 6.48. The monoisotopic (exact) mass is 424 g/mol. The van der Waals surface area contributed by atoms with E-state index in [2.05, 4.69) is 13.8 Å². The lowest BCUT2D eigenvalue weighted by Gasteiger charge is -2.09. The molecule has 0 aromatic carbocycles. The summed E-state index contributed by atoms with van der Waals surface area (Å²) in [4.78, 5) is 11.8. The lowest BCUT2D eigenvalue weighted by Crippen LogP contribution is -2.19. The number of ketones is 1. The molecule has 1 unspecified atom stereocenters. The summed E-state index contributed by atoms with van der Waals surface area (Å²) in [6.45, 7) is 4.43. The molecule has 0 heterocycles. The van der Waals surface area contributed by atoms with Crippen LogP contribution in [0.1, 0.15) is 168 Å². The Morgan fingerprint density at radius 2 is 0.800 bits per heavy atom. The molecular formula is C28H56O2. The molecule has 0 aromatic rings. The van der Waals surface area contributed by atoms with Crippen LogP contribution in [-0.2, 0) is 4.79 Å². The molecule has 0 fully saturated rings. The minimum Gasteiger partial charge on any atom is -0.385 e. The van der Waals surface area contributed by atoms with Gasteiger partial charge in [-0.15, -0.1) is 0 Å². The van der Waals surface area contributed by atoms with Crippen LogP contribution >= 0.6 is 0 Å². The van der Waals surface area contributed by atoms with Crippen molar-refractivity contribution in [3.05, 3.63) is 0 Å². The van der Waals surface area contributed by atoms with Crippen LogP contribution in [0.5, 0.6) is 0 Å². The average Bonchev–Trinajstić information content (AvgIpc) is 2.75. The number of carbonyl (C=O) groups excluding carboxylic acids is 1. The SMILES string of the molecule is CCCCCCCCCCCCCCCCCCCCCC(O)C(=O)CCCCC. The molecule has 0 aliphatic rings. The molecule has 0 radical (unpaired) electrons. The van der Waals surface area contributed by atoms with Crippen LogP contribution in [0.15, 0.2) is 0 Å². The third kappa shape index (κ3) is 22.3. The van der Waals surface area contributed by atoms with Crippen LogP contribution in [0.2, 0.25) is 0 Å². The van der Waals surface area contributed by atoms with E-state index < -0.39 is 6.10 Å². The van der Waals surface area contributed by atoms with Gasteiger partial charge in [-0.3, -0.25) is 4.79 Å². The predicted octanol–water partition coefficient (Wildman–Crippen LogP) is 9.32. The molecule has 1 N–H and O–H groups in total. The van der Waals surface area contributed by atoms with Crippen LogP contribution < -0.4 is 0 Å². The first kappa shape index (κ1) is 29.6. The van der Waals surface area contributed by atoms with Gasteiger partial charge in [-0.05, 0) is 12.8 Å². The minimum absolute atomic E-state index is 0.0610. The summed E-state index contributed by atoms with van der Waals surface area (Å²) < 4.78 is 0. The van der Waals surface area contributed by atoms with Crippen molar-refractivity contribution in [2.24, 2.45) is 0 Å². The number of hydrogen-bond donors (Lipinski definition) is 1. The maximum atomic E-state index is 11.8. The third-order valence-corrected chi connectivity index (χ3v) is 6.48. The normalized spacial score (nSPS) is 12.4. The number of Topliss-reactive ketones (excluding diaryl/α,β-unsaturated/α-hetero) is 1. The van der Waals surface area contributed by atoms with Gasteiger partial charge >= 0.3 is 0 Å². The van der Waals surface area contributed by atoms with E-state index in [-0.39, 0.29) is 5.78 Å². The summed E-state index contributed by atoms with van der Waals surface area (Å²) >= 11 is 0. The number of aliphatic hydroxyl groups excluding tert-OH is 1. The highest BCUT2D eigenvalue weighted by Crippen LogP contribution is 2.15. The molecule has 0 rings (SSSR count). The van der Waals surface area contributed by atoms with Crippen LogP contribution in [0.4, 0.5) is 0 Å². The average molecular weight is 425 g/mol. The van der Waals surface area contributed by atoms with Crippen LogP contribution in [-0.4, -0.2) is 17.0 Å². The van der Waals surface area contributed by atoms with Gasteiger partial charge in [0, 0.05) is 6.42 Å². The van der Waals surface area contributed by atoms with Crippen molar-refractivity contribution in [2.45, 2.75) is 174 Å². The van der Waals surface area contributed by atoms with Crippen molar-refractivity contribution in [2.75, 3.05) is 0 Å². The van der Waals surface area contributed by atoms with Gasteiger partial charge in [-0.25, -0.2) is 0 Å². The largest absolute Gasteiger partial charge is 0.385 e. The summed E-state index contributed by atoms with van der Waals surface area (Å²) in [5.41, 5.74) is 0. The van der Waals surface area contributed by atoms with E-state index in [4.69, 9.17) is 0 Å². The highest BCUT2D eigenvalue weighted by Gasteiger charge is 2.13. The Bertz CT molecular complexity index is 340. The predicted molar refractivity (Wildman–Crippen MR) is 133 cm³/mol. The fraction of sp³-hybridized carbons (Fsp3) is 0.964. The second kappa shape index (κ2) is 24.9. The lowest BCUT2D eigenvalue weighted by atomic mass is 10.0. The topological polar surface area (TPSA) is 37.3 Å². The molecule has 2 nitrogen and oxygen atoms in total. The second-order valence-electron chi connectivity index (χ2n) is 9.59. The molecule has 0 saturated heterocycles.